The predicted octanol–water partition coefficient (Wildman–Crippen LogP) is 5.34. The number of hydrogen-bond acceptors (Lipinski definition) is 2. The van der Waals surface area contributed by atoms with Gasteiger partial charge >= 0.3 is 0 Å². The molecule has 1 unspecified atom stereocenters. The number of aryl methyl sites for hydroxylation is 1. The number of halogens is 3. The molecule has 0 aliphatic rings. The smallest absolute Gasteiger partial charge is 0.133 e. The molecule has 0 aromatic heterocycles. The van der Waals surface area contributed by atoms with Gasteiger partial charge in [-0.25, -0.2) is 0 Å². The molecular formula is C15H14Br3NO. The number of benzene rings is 2. The standard InChI is InChI=1S/C15H14Br3NO/c1-8-5-12(17)10(7-11(8)16)15(19)9-3-4-14(20-2)13(18)6-9/h3-7,15H,19H2,1-2H3. The van der Waals surface area contributed by atoms with E-state index >= 15 is 0 Å². The zero-order valence-corrected chi connectivity index (χ0v) is 15.8. The summed E-state index contributed by atoms with van der Waals surface area (Å²) in [5, 5.41) is 0. The van der Waals surface area contributed by atoms with Crippen molar-refractivity contribution in [2.45, 2.75) is 13.0 Å². The van der Waals surface area contributed by atoms with Crippen LogP contribution in [-0.2, 0) is 0 Å². The van der Waals surface area contributed by atoms with Crippen LogP contribution in [0.2, 0.25) is 0 Å². The molecule has 0 fully saturated rings. The molecule has 1 atom stereocenters. The topological polar surface area (TPSA) is 35.2 Å². The van der Waals surface area contributed by atoms with Gasteiger partial charge in [-0.05, 0) is 63.8 Å². The lowest BCUT2D eigenvalue weighted by Gasteiger charge is -2.17. The summed E-state index contributed by atoms with van der Waals surface area (Å²) in [6, 6.07) is 9.80. The summed E-state index contributed by atoms with van der Waals surface area (Å²) in [5.74, 6) is 0.796. The maximum absolute atomic E-state index is 6.38. The van der Waals surface area contributed by atoms with Gasteiger partial charge < -0.3 is 10.5 Å². The second-order valence-corrected chi connectivity index (χ2v) is 7.06. The van der Waals surface area contributed by atoms with E-state index in [0.717, 1.165) is 30.3 Å². The van der Waals surface area contributed by atoms with Gasteiger partial charge in [0, 0.05) is 8.95 Å². The lowest BCUT2D eigenvalue weighted by molar-refractivity contribution is 0.412. The van der Waals surface area contributed by atoms with Gasteiger partial charge in [-0.15, -0.1) is 0 Å². The summed E-state index contributed by atoms with van der Waals surface area (Å²) < 4.78 is 8.20. The van der Waals surface area contributed by atoms with E-state index in [1.807, 2.05) is 25.1 Å². The largest absolute Gasteiger partial charge is 0.496 e. The molecule has 0 aliphatic carbocycles. The molecule has 2 aromatic rings. The van der Waals surface area contributed by atoms with Gasteiger partial charge in [-0.1, -0.05) is 37.9 Å². The lowest BCUT2D eigenvalue weighted by Crippen LogP contribution is -2.13. The van der Waals surface area contributed by atoms with E-state index in [0.29, 0.717) is 0 Å². The molecule has 0 saturated heterocycles. The number of methoxy groups -OCH3 is 1. The summed E-state index contributed by atoms with van der Waals surface area (Å²) in [6.07, 6.45) is 0. The van der Waals surface area contributed by atoms with Crippen molar-refractivity contribution in [2.75, 3.05) is 7.11 Å². The van der Waals surface area contributed by atoms with Crippen LogP contribution in [0, 0.1) is 6.92 Å². The van der Waals surface area contributed by atoms with Crippen LogP contribution < -0.4 is 10.5 Å². The second kappa shape index (κ2) is 6.60. The molecule has 2 N–H and O–H groups in total. The van der Waals surface area contributed by atoms with Crippen LogP contribution in [0.25, 0.3) is 0 Å². The van der Waals surface area contributed by atoms with E-state index in [-0.39, 0.29) is 6.04 Å². The van der Waals surface area contributed by atoms with Crippen molar-refractivity contribution in [3.8, 4) is 5.75 Å². The molecule has 2 rings (SSSR count). The van der Waals surface area contributed by atoms with Crippen molar-refractivity contribution in [3.63, 3.8) is 0 Å². The molecule has 2 nitrogen and oxygen atoms in total. The Kier molecular flexibility index (Phi) is 5.29. The van der Waals surface area contributed by atoms with Crippen LogP contribution in [0.3, 0.4) is 0 Å². The minimum Gasteiger partial charge on any atom is -0.496 e. The summed E-state index contributed by atoms with van der Waals surface area (Å²) >= 11 is 10.6. The van der Waals surface area contributed by atoms with Crippen LogP contribution in [-0.4, -0.2) is 7.11 Å². The predicted molar refractivity (Wildman–Crippen MR) is 93.3 cm³/mol. The van der Waals surface area contributed by atoms with Gasteiger partial charge in [-0.3, -0.25) is 0 Å². The Hall–Kier alpha value is -0.360. The number of hydrogen-bond donors (Lipinski definition) is 1. The van der Waals surface area contributed by atoms with Crippen LogP contribution in [0.1, 0.15) is 22.7 Å². The van der Waals surface area contributed by atoms with Crippen molar-refractivity contribution in [2.24, 2.45) is 5.73 Å². The highest BCUT2D eigenvalue weighted by molar-refractivity contribution is 9.11. The summed E-state index contributed by atoms with van der Waals surface area (Å²) in [4.78, 5) is 0. The first kappa shape index (κ1) is 16.0. The first-order valence-corrected chi connectivity index (χ1v) is 8.36. The zero-order valence-electron chi connectivity index (χ0n) is 11.1. The maximum Gasteiger partial charge on any atom is 0.133 e. The minimum absolute atomic E-state index is 0.205. The zero-order chi connectivity index (χ0) is 14.9. The molecule has 2 aromatic carbocycles. The van der Waals surface area contributed by atoms with E-state index in [1.165, 1.54) is 5.56 Å². The number of nitrogens with two attached hydrogens (primary N) is 1. The molecule has 0 amide bonds. The highest BCUT2D eigenvalue weighted by Crippen LogP contribution is 2.34. The van der Waals surface area contributed by atoms with E-state index in [1.54, 1.807) is 7.11 Å². The Balaban J connectivity index is 2.43. The van der Waals surface area contributed by atoms with E-state index in [2.05, 4.69) is 59.9 Å². The normalized spacial score (nSPS) is 12.3. The van der Waals surface area contributed by atoms with Crippen LogP contribution in [0.5, 0.6) is 5.75 Å². The fourth-order valence-electron chi connectivity index (χ4n) is 1.96. The average Bonchev–Trinajstić information content (AvgIpc) is 2.42. The average molecular weight is 464 g/mol. The summed E-state index contributed by atoms with van der Waals surface area (Å²) in [6.45, 7) is 2.05. The Morgan fingerprint density at radius 2 is 1.70 bits per heavy atom. The molecule has 20 heavy (non-hydrogen) atoms. The third-order valence-corrected chi connectivity index (χ3v) is 5.31. The summed E-state index contributed by atoms with van der Waals surface area (Å²) in [5.41, 5.74) is 9.62. The highest BCUT2D eigenvalue weighted by Gasteiger charge is 2.15. The fraction of sp³-hybridized carbons (Fsp3) is 0.200. The molecule has 106 valence electrons. The Labute approximate surface area is 144 Å². The van der Waals surface area contributed by atoms with Crippen LogP contribution in [0.4, 0.5) is 0 Å². The first-order valence-electron chi connectivity index (χ1n) is 5.98. The van der Waals surface area contributed by atoms with Gasteiger partial charge in [-0.2, -0.15) is 0 Å². The molecule has 0 spiro atoms. The first-order chi connectivity index (χ1) is 9.43. The quantitative estimate of drug-likeness (QED) is 0.666. The SMILES string of the molecule is COc1ccc(C(N)c2cc(Br)c(C)cc2Br)cc1Br. The van der Waals surface area contributed by atoms with Crippen LogP contribution >= 0.6 is 47.8 Å². The van der Waals surface area contributed by atoms with Gasteiger partial charge in [0.1, 0.15) is 5.75 Å². The highest BCUT2D eigenvalue weighted by atomic mass is 79.9. The summed E-state index contributed by atoms with van der Waals surface area (Å²) in [7, 11) is 1.65. The van der Waals surface area contributed by atoms with Crippen LogP contribution in [0.15, 0.2) is 43.7 Å². The monoisotopic (exact) mass is 461 g/mol. The van der Waals surface area contributed by atoms with Crippen molar-refractivity contribution in [1.29, 1.82) is 0 Å². The van der Waals surface area contributed by atoms with Crippen molar-refractivity contribution in [3.05, 3.63) is 60.4 Å². The van der Waals surface area contributed by atoms with Gasteiger partial charge in [0.15, 0.2) is 0 Å². The Morgan fingerprint density at radius 1 is 1.00 bits per heavy atom. The van der Waals surface area contributed by atoms with Crippen molar-refractivity contribution >= 4 is 47.8 Å². The molecule has 0 aliphatic heterocycles. The third-order valence-electron chi connectivity index (χ3n) is 3.15. The Morgan fingerprint density at radius 3 is 2.30 bits per heavy atom. The number of ether oxygens (including phenoxy) is 1. The maximum atomic E-state index is 6.38. The van der Waals surface area contributed by atoms with E-state index in [4.69, 9.17) is 10.5 Å². The van der Waals surface area contributed by atoms with Crippen molar-refractivity contribution in [1.82, 2.24) is 0 Å². The molecule has 0 saturated carbocycles. The fourth-order valence-corrected chi connectivity index (χ4v) is 3.58. The molecule has 0 bridgehead atoms. The second-order valence-electron chi connectivity index (χ2n) is 4.49. The molecule has 0 heterocycles. The van der Waals surface area contributed by atoms with Gasteiger partial charge in [0.25, 0.3) is 0 Å². The lowest BCUT2D eigenvalue weighted by atomic mass is 9.98. The van der Waals surface area contributed by atoms with Gasteiger partial charge in [0.05, 0.1) is 17.6 Å². The molecule has 0 radical (unpaired) electrons. The van der Waals surface area contributed by atoms with E-state index < -0.39 is 0 Å². The van der Waals surface area contributed by atoms with E-state index in [9.17, 15) is 0 Å². The molecule has 5 heteroatoms. The van der Waals surface area contributed by atoms with Crippen molar-refractivity contribution < 1.29 is 4.74 Å². The number of rotatable bonds is 3. The minimum atomic E-state index is -0.205. The Bertz CT molecular complexity index is 643. The van der Waals surface area contributed by atoms with Gasteiger partial charge in [0.2, 0.25) is 0 Å². The third kappa shape index (κ3) is 3.27. The molecular weight excluding hydrogens is 450 g/mol.